The number of amides is 1. The zero-order valence-electron chi connectivity index (χ0n) is 13.3. The van der Waals surface area contributed by atoms with Crippen molar-refractivity contribution in [1.29, 1.82) is 0 Å². The average molecular weight is 269 g/mol. The highest BCUT2D eigenvalue weighted by molar-refractivity contribution is 5.81. The van der Waals surface area contributed by atoms with Crippen LogP contribution >= 0.6 is 0 Å². The van der Waals surface area contributed by atoms with Crippen molar-refractivity contribution in [2.45, 2.75) is 84.8 Å². The van der Waals surface area contributed by atoms with Crippen molar-refractivity contribution in [2.75, 3.05) is 0 Å². The molecule has 3 heteroatoms. The number of carbonyl (C=O) groups is 1. The summed E-state index contributed by atoms with van der Waals surface area (Å²) in [5.41, 5.74) is -0.114. The van der Waals surface area contributed by atoms with E-state index in [9.17, 15) is 9.90 Å². The summed E-state index contributed by atoms with van der Waals surface area (Å²) in [4.78, 5) is 12.2. The minimum atomic E-state index is -0.834. The molecule has 0 aliphatic heterocycles. The summed E-state index contributed by atoms with van der Waals surface area (Å²) in [5.74, 6) is -0.0414. The molecule has 19 heavy (non-hydrogen) atoms. The van der Waals surface area contributed by atoms with Crippen molar-refractivity contribution >= 4 is 5.91 Å². The van der Waals surface area contributed by atoms with Gasteiger partial charge in [0.1, 0.15) is 6.10 Å². The molecule has 1 amide bonds. The standard InChI is InChI=1S/C16H31NO2/c1-15(2,3)11-16(4,5)17-14(19)13(18)12-9-7-6-8-10-12/h12-13,18H,6-11H2,1-5H3,(H,17,19). The number of hydrogen-bond donors (Lipinski definition) is 2. The van der Waals surface area contributed by atoms with Gasteiger partial charge in [-0.3, -0.25) is 4.79 Å². The molecule has 0 radical (unpaired) electrons. The lowest BCUT2D eigenvalue weighted by molar-refractivity contribution is -0.134. The Kier molecular flexibility index (Phi) is 5.43. The summed E-state index contributed by atoms with van der Waals surface area (Å²) in [6.45, 7) is 10.6. The molecule has 1 fully saturated rings. The molecular formula is C16H31NO2. The molecule has 0 heterocycles. The number of aliphatic hydroxyl groups is 1. The predicted octanol–water partition coefficient (Wildman–Crippen LogP) is 3.26. The number of hydrogen-bond acceptors (Lipinski definition) is 2. The zero-order valence-corrected chi connectivity index (χ0v) is 13.3. The third-order valence-corrected chi connectivity index (χ3v) is 3.80. The van der Waals surface area contributed by atoms with Gasteiger partial charge in [0.25, 0.3) is 0 Å². The first-order valence-electron chi connectivity index (χ1n) is 7.61. The van der Waals surface area contributed by atoms with Crippen LogP contribution < -0.4 is 5.32 Å². The lowest BCUT2D eigenvalue weighted by atomic mass is 9.81. The summed E-state index contributed by atoms with van der Waals surface area (Å²) in [6, 6.07) is 0. The van der Waals surface area contributed by atoms with E-state index >= 15 is 0 Å². The van der Waals surface area contributed by atoms with Gasteiger partial charge in [-0.25, -0.2) is 0 Å². The van der Waals surface area contributed by atoms with Gasteiger partial charge in [-0.05, 0) is 44.4 Å². The third kappa shape index (κ3) is 5.94. The Labute approximate surface area is 118 Å². The molecular weight excluding hydrogens is 238 g/mol. The molecule has 1 rings (SSSR count). The molecule has 0 aromatic rings. The molecule has 0 aromatic heterocycles. The van der Waals surface area contributed by atoms with E-state index in [2.05, 4.69) is 26.1 Å². The molecule has 1 aliphatic rings. The normalized spacial score (nSPS) is 20.1. The fraction of sp³-hybridized carbons (Fsp3) is 0.938. The lowest BCUT2D eigenvalue weighted by Gasteiger charge is -2.35. The Morgan fingerprint density at radius 3 is 2.16 bits per heavy atom. The predicted molar refractivity (Wildman–Crippen MR) is 78.9 cm³/mol. The van der Waals surface area contributed by atoms with Gasteiger partial charge in [0.05, 0.1) is 0 Å². The van der Waals surface area contributed by atoms with Crippen LogP contribution in [-0.2, 0) is 4.79 Å². The van der Waals surface area contributed by atoms with E-state index in [0.717, 1.165) is 32.1 Å². The topological polar surface area (TPSA) is 49.3 Å². The fourth-order valence-electron chi connectivity index (χ4n) is 3.44. The number of aliphatic hydroxyl groups excluding tert-OH is 1. The van der Waals surface area contributed by atoms with E-state index in [1.807, 2.05) is 13.8 Å². The minimum absolute atomic E-state index is 0.152. The van der Waals surface area contributed by atoms with E-state index in [0.29, 0.717) is 0 Å². The first-order valence-corrected chi connectivity index (χ1v) is 7.61. The maximum Gasteiger partial charge on any atom is 0.249 e. The largest absolute Gasteiger partial charge is 0.383 e. The highest BCUT2D eigenvalue weighted by Crippen LogP contribution is 2.29. The molecule has 1 saturated carbocycles. The van der Waals surface area contributed by atoms with Crippen molar-refractivity contribution in [1.82, 2.24) is 5.32 Å². The van der Waals surface area contributed by atoms with Gasteiger partial charge < -0.3 is 10.4 Å². The van der Waals surface area contributed by atoms with Crippen molar-refractivity contribution in [3.63, 3.8) is 0 Å². The fourth-order valence-corrected chi connectivity index (χ4v) is 3.44. The van der Waals surface area contributed by atoms with Crippen LogP contribution in [0.4, 0.5) is 0 Å². The van der Waals surface area contributed by atoms with E-state index in [1.165, 1.54) is 6.42 Å². The lowest BCUT2D eigenvalue weighted by Crippen LogP contribution is -2.51. The second-order valence-electron chi connectivity index (χ2n) is 7.95. The Morgan fingerprint density at radius 1 is 1.16 bits per heavy atom. The summed E-state index contributed by atoms with van der Waals surface area (Å²) in [6.07, 6.45) is 5.53. The van der Waals surface area contributed by atoms with Crippen LogP contribution in [0, 0.1) is 11.3 Å². The van der Waals surface area contributed by atoms with Gasteiger partial charge >= 0.3 is 0 Å². The highest BCUT2D eigenvalue weighted by Gasteiger charge is 2.32. The maximum absolute atomic E-state index is 12.2. The van der Waals surface area contributed by atoms with Crippen LogP contribution in [0.1, 0.15) is 73.1 Å². The van der Waals surface area contributed by atoms with E-state index < -0.39 is 6.10 Å². The van der Waals surface area contributed by atoms with E-state index in [4.69, 9.17) is 0 Å². The maximum atomic E-state index is 12.2. The second-order valence-corrected chi connectivity index (χ2v) is 7.95. The molecule has 112 valence electrons. The Morgan fingerprint density at radius 2 is 1.68 bits per heavy atom. The quantitative estimate of drug-likeness (QED) is 0.823. The van der Waals surface area contributed by atoms with Crippen molar-refractivity contribution in [2.24, 2.45) is 11.3 Å². The Bertz CT molecular complexity index is 298. The van der Waals surface area contributed by atoms with Crippen LogP contribution in [0.15, 0.2) is 0 Å². The SMILES string of the molecule is CC(C)(C)CC(C)(C)NC(=O)C(O)C1CCCCC1. The zero-order chi connectivity index (χ0) is 14.7. The summed E-state index contributed by atoms with van der Waals surface area (Å²) < 4.78 is 0. The van der Waals surface area contributed by atoms with Gasteiger partial charge in [0.2, 0.25) is 5.91 Å². The molecule has 1 aliphatic carbocycles. The van der Waals surface area contributed by atoms with Gasteiger partial charge in [-0.2, -0.15) is 0 Å². The number of nitrogens with one attached hydrogen (secondary N) is 1. The van der Waals surface area contributed by atoms with E-state index in [1.54, 1.807) is 0 Å². The molecule has 0 saturated heterocycles. The van der Waals surface area contributed by atoms with Crippen LogP contribution in [0.5, 0.6) is 0 Å². The van der Waals surface area contributed by atoms with Crippen molar-refractivity contribution in [3.8, 4) is 0 Å². The molecule has 1 atom stereocenters. The molecule has 0 aromatic carbocycles. The average Bonchev–Trinajstić information content (AvgIpc) is 2.25. The van der Waals surface area contributed by atoms with Crippen LogP contribution in [0.2, 0.25) is 0 Å². The second kappa shape index (κ2) is 6.25. The van der Waals surface area contributed by atoms with Crippen molar-refractivity contribution in [3.05, 3.63) is 0 Å². The van der Waals surface area contributed by atoms with Gasteiger partial charge in [-0.15, -0.1) is 0 Å². The van der Waals surface area contributed by atoms with E-state index in [-0.39, 0.29) is 22.8 Å². The molecule has 0 spiro atoms. The van der Waals surface area contributed by atoms with Crippen molar-refractivity contribution < 1.29 is 9.90 Å². The first-order chi connectivity index (χ1) is 8.61. The molecule has 1 unspecified atom stereocenters. The van der Waals surface area contributed by atoms with Gasteiger partial charge in [0.15, 0.2) is 0 Å². The first kappa shape index (κ1) is 16.5. The summed E-state index contributed by atoms with van der Waals surface area (Å²) in [5, 5.41) is 13.2. The summed E-state index contributed by atoms with van der Waals surface area (Å²) in [7, 11) is 0. The summed E-state index contributed by atoms with van der Waals surface area (Å²) >= 11 is 0. The molecule has 3 nitrogen and oxygen atoms in total. The van der Waals surface area contributed by atoms with Crippen LogP contribution in [-0.4, -0.2) is 22.7 Å². The monoisotopic (exact) mass is 269 g/mol. The molecule has 0 bridgehead atoms. The van der Waals surface area contributed by atoms with Crippen LogP contribution in [0.25, 0.3) is 0 Å². The van der Waals surface area contributed by atoms with Crippen LogP contribution in [0.3, 0.4) is 0 Å². The number of rotatable bonds is 4. The Hall–Kier alpha value is -0.570. The smallest absolute Gasteiger partial charge is 0.249 e. The highest BCUT2D eigenvalue weighted by atomic mass is 16.3. The number of carbonyl (C=O) groups excluding carboxylic acids is 1. The minimum Gasteiger partial charge on any atom is -0.383 e. The third-order valence-electron chi connectivity index (χ3n) is 3.80. The molecule has 2 N–H and O–H groups in total. The van der Waals surface area contributed by atoms with Gasteiger partial charge in [0, 0.05) is 5.54 Å². The van der Waals surface area contributed by atoms with Gasteiger partial charge in [-0.1, -0.05) is 40.0 Å². The Balaban J connectivity index is 2.52.